The number of amides is 3. The Hall–Kier alpha value is -5.06. The fourth-order valence-corrected chi connectivity index (χ4v) is 4.32. The van der Waals surface area contributed by atoms with Gasteiger partial charge in [0, 0.05) is 34.9 Å². The zero-order valence-corrected chi connectivity index (χ0v) is 21.8. The Balaban J connectivity index is 1.43. The number of nitrogens with one attached hydrogen (secondary N) is 3. The van der Waals surface area contributed by atoms with Crippen LogP contribution in [0.5, 0.6) is 11.5 Å². The SMILES string of the molecule is C=CCn1cc(/C=N\NC(=O)COc2ccc([C@H]3NC(=O)NC(C)=C3C(=O)OC)cc2OC)c2ccccc21. The summed E-state index contributed by atoms with van der Waals surface area (Å²) < 4.78 is 18.0. The van der Waals surface area contributed by atoms with Gasteiger partial charge in [-0.05, 0) is 30.7 Å². The molecule has 4 rings (SSSR count). The number of hydrazone groups is 1. The Bertz CT molecular complexity index is 1490. The summed E-state index contributed by atoms with van der Waals surface area (Å²) >= 11 is 0. The summed E-state index contributed by atoms with van der Waals surface area (Å²) in [4.78, 5) is 36.8. The van der Waals surface area contributed by atoms with E-state index in [4.69, 9.17) is 14.2 Å². The molecule has 202 valence electrons. The predicted octanol–water partition coefficient (Wildman–Crippen LogP) is 3.17. The Labute approximate surface area is 225 Å². The van der Waals surface area contributed by atoms with Crippen molar-refractivity contribution < 1.29 is 28.6 Å². The zero-order valence-electron chi connectivity index (χ0n) is 21.8. The van der Waals surface area contributed by atoms with E-state index in [1.807, 2.05) is 41.1 Å². The number of para-hydroxylation sites is 1. The van der Waals surface area contributed by atoms with Gasteiger partial charge >= 0.3 is 12.0 Å². The van der Waals surface area contributed by atoms with Crippen LogP contribution in [0.2, 0.25) is 0 Å². The van der Waals surface area contributed by atoms with Gasteiger partial charge in [0.15, 0.2) is 18.1 Å². The average Bonchev–Trinajstić information content (AvgIpc) is 3.28. The van der Waals surface area contributed by atoms with Crippen molar-refractivity contribution in [2.24, 2.45) is 5.10 Å². The maximum absolute atomic E-state index is 12.4. The van der Waals surface area contributed by atoms with E-state index in [2.05, 4.69) is 27.7 Å². The number of urea groups is 1. The highest BCUT2D eigenvalue weighted by Gasteiger charge is 2.32. The van der Waals surface area contributed by atoms with Crippen LogP contribution < -0.4 is 25.5 Å². The summed E-state index contributed by atoms with van der Waals surface area (Å²) in [6, 6.07) is 11.6. The smallest absolute Gasteiger partial charge is 0.337 e. The van der Waals surface area contributed by atoms with Gasteiger partial charge in [0.25, 0.3) is 5.91 Å². The van der Waals surface area contributed by atoms with E-state index in [0.29, 0.717) is 29.3 Å². The molecule has 1 aromatic heterocycles. The minimum absolute atomic E-state index is 0.262. The summed E-state index contributed by atoms with van der Waals surface area (Å²) in [6.07, 6.45) is 5.33. The summed E-state index contributed by atoms with van der Waals surface area (Å²) in [7, 11) is 2.71. The molecule has 1 aliphatic rings. The fourth-order valence-electron chi connectivity index (χ4n) is 4.32. The van der Waals surface area contributed by atoms with Gasteiger partial charge in [-0.25, -0.2) is 15.0 Å². The molecule has 3 aromatic rings. The molecule has 0 spiro atoms. The second-order valence-corrected chi connectivity index (χ2v) is 8.60. The normalized spacial score (nSPS) is 15.1. The van der Waals surface area contributed by atoms with E-state index >= 15 is 0 Å². The molecule has 0 bridgehead atoms. The molecule has 0 saturated carbocycles. The fraction of sp³-hybridized carbons (Fsp3) is 0.214. The third-order valence-electron chi connectivity index (χ3n) is 6.09. The number of esters is 1. The molecule has 2 heterocycles. The summed E-state index contributed by atoms with van der Waals surface area (Å²) in [5.74, 6) is -0.432. The number of aromatic nitrogens is 1. The monoisotopic (exact) mass is 531 g/mol. The number of carbonyl (C=O) groups is 3. The van der Waals surface area contributed by atoms with E-state index in [9.17, 15) is 14.4 Å². The van der Waals surface area contributed by atoms with Crippen molar-refractivity contribution in [3.63, 3.8) is 0 Å². The first-order valence-electron chi connectivity index (χ1n) is 12.0. The lowest BCUT2D eigenvalue weighted by Crippen LogP contribution is -2.45. The van der Waals surface area contributed by atoms with Crippen LogP contribution in [0.25, 0.3) is 10.9 Å². The highest BCUT2D eigenvalue weighted by Crippen LogP contribution is 2.34. The van der Waals surface area contributed by atoms with Crippen molar-refractivity contribution in [1.82, 2.24) is 20.6 Å². The molecular weight excluding hydrogens is 502 g/mol. The maximum Gasteiger partial charge on any atom is 0.337 e. The molecule has 2 aromatic carbocycles. The van der Waals surface area contributed by atoms with Gasteiger partial charge in [-0.15, -0.1) is 6.58 Å². The molecule has 11 nitrogen and oxygen atoms in total. The number of benzene rings is 2. The number of methoxy groups -OCH3 is 2. The van der Waals surface area contributed by atoms with Gasteiger partial charge in [0.05, 0.1) is 32.0 Å². The van der Waals surface area contributed by atoms with Crippen molar-refractivity contribution in [2.75, 3.05) is 20.8 Å². The standard InChI is InChI=1S/C28H29N5O6/c1-5-12-33-15-19(20-8-6-7-9-21(20)33)14-29-32-24(34)16-39-22-11-10-18(13-23(22)37-3)26-25(27(35)38-4)17(2)30-28(36)31-26/h5-11,13-15,26H,1,12,16H2,2-4H3,(H,32,34)(H2,30,31,36)/b29-14-/t26-/m1/s1. The first kappa shape index (κ1) is 27.0. The lowest BCUT2D eigenvalue weighted by Gasteiger charge is -2.28. The molecule has 3 amide bonds. The second kappa shape index (κ2) is 12.0. The van der Waals surface area contributed by atoms with E-state index in [0.717, 1.165) is 16.5 Å². The van der Waals surface area contributed by atoms with Crippen molar-refractivity contribution in [3.8, 4) is 11.5 Å². The maximum atomic E-state index is 12.4. The third kappa shape index (κ3) is 5.93. The van der Waals surface area contributed by atoms with Crippen molar-refractivity contribution >= 4 is 35.0 Å². The van der Waals surface area contributed by atoms with Crippen molar-refractivity contribution in [2.45, 2.75) is 19.5 Å². The molecule has 0 unspecified atom stereocenters. The summed E-state index contributed by atoms with van der Waals surface area (Å²) in [5, 5.41) is 10.4. The molecule has 0 aliphatic carbocycles. The van der Waals surface area contributed by atoms with Gasteiger partial charge in [-0.3, -0.25) is 4.79 Å². The minimum Gasteiger partial charge on any atom is -0.493 e. The number of nitrogens with zero attached hydrogens (tertiary/aromatic N) is 2. The number of ether oxygens (including phenoxy) is 3. The molecule has 0 saturated heterocycles. The van der Waals surface area contributed by atoms with Crippen LogP contribution in [0.1, 0.15) is 24.1 Å². The minimum atomic E-state index is -0.760. The molecule has 11 heteroatoms. The van der Waals surface area contributed by atoms with Crippen molar-refractivity contribution in [3.05, 3.63) is 83.7 Å². The van der Waals surface area contributed by atoms with E-state index in [1.165, 1.54) is 14.2 Å². The van der Waals surface area contributed by atoms with E-state index in [-0.39, 0.29) is 12.2 Å². The van der Waals surface area contributed by atoms with Crippen molar-refractivity contribution in [1.29, 1.82) is 0 Å². The summed E-state index contributed by atoms with van der Waals surface area (Å²) in [5.41, 5.74) is 5.57. The molecule has 1 aliphatic heterocycles. The Morgan fingerprint density at radius 1 is 1.18 bits per heavy atom. The largest absolute Gasteiger partial charge is 0.493 e. The van der Waals surface area contributed by atoms with Crippen LogP contribution in [0.3, 0.4) is 0 Å². The molecular formula is C28H29N5O6. The Morgan fingerprint density at radius 3 is 2.72 bits per heavy atom. The average molecular weight is 532 g/mol. The first-order valence-corrected chi connectivity index (χ1v) is 12.0. The number of rotatable bonds is 10. The van der Waals surface area contributed by atoms with Gasteiger partial charge in [0.2, 0.25) is 0 Å². The number of carbonyl (C=O) groups excluding carboxylic acids is 3. The van der Waals surface area contributed by atoms with Crippen LogP contribution >= 0.6 is 0 Å². The molecule has 1 atom stereocenters. The number of allylic oxidation sites excluding steroid dienone is 2. The van der Waals surface area contributed by atoms with Gasteiger partial charge in [-0.2, -0.15) is 5.10 Å². The first-order chi connectivity index (χ1) is 18.9. The molecule has 3 N–H and O–H groups in total. The highest BCUT2D eigenvalue weighted by molar-refractivity contribution is 5.99. The molecule has 0 radical (unpaired) electrons. The summed E-state index contributed by atoms with van der Waals surface area (Å²) in [6.45, 7) is 5.74. The third-order valence-corrected chi connectivity index (χ3v) is 6.09. The quantitative estimate of drug-likeness (QED) is 0.159. The lowest BCUT2D eigenvalue weighted by atomic mass is 9.95. The zero-order chi connectivity index (χ0) is 27.9. The van der Waals surface area contributed by atoms with Crippen LogP contribution in [-0.2, 0) is 20.9 Å². The molecule has 39 heavy (non-hydrogen) atoms. The van der Waals surface area contributed by atoms with Crippen LogP contribution in [0.4, 0.5) is 4.79 Å². The van der Waals surface area contributed by atoms with Gasteiger partial charge < -0.3 is 29.4 Å². The highest BCUT2D eigenvalue weighted by atomic mass is 16.5. The lowest BCUT2D eigenvalue weighted by molar-refractivity contribution is -0.136. The number of hydrogen-bond donors (Lipinski definition) is 3. The number of hydrogen-bond acceptors (Lipinski definition) is 7. The van der Waals surface area contributed by atoms with Gasteiger partial charge in [-0.1, -0.05) is 30.3 Å². The van der Waals surface area contributed by atoms with Crippen LogP contribution in [0, 0.1) is 0 Å². The Kier molecular flexibility index (Phi) is 8.30. The predicted molar refractivity (Wildman–Crippen MR) is 145 cm³/mol. The van der Waals surface area contributed by atoms with E-state index in [1.54, 1.807) is 31.3 Å². The van der Waals surface area contributed by atoms with Gasteiger partial charge in [0.1, 0.15) is 0 Å². The van der Waals surface area contributed by atoms with Crippen LogP contribution in [-0.4, -0.2) is 49.5 Å². The van der Waals surface area contributed by atoms with Crippen LogP contribution in [0.15, 0.2) is 77.7 Å². The second-order valence-electron chi connectivity index (χ2n) is 8.60. The number of fused-ring (bicyclic) bond motifs is 1. The van der Waals surface area contributed by atoms with E-state index < -0.39 is 23.9 Å². The molecule has 0 fully saturated rings. The topological polar surface area (TPSA) is 132 Å². The Morgan fingerprint density at radius 2 is 1.97 bits per heavy atom.